The number of allylic oxidation sites excluding steroid dienone is 1. The zero-order chi connectivity index (χ0) is 15.5. The van der Waals surface area contributed by atoms with Gasteiger partial charge in [-0.15, -0.1) is 0 Å². The second-order valence-electron chi connectivity index (χ2n) is 4.67. The van der Waals surface area contributed by atoms with Crippen LogP contribution in [0.1, 0.15) is 32.8 Å². The fourth-order valence-corrected chi connectivity index (χ4v) is 1.71. The number of benzene rings is 1. The largest absolute Gasteiger partial charge is 0.463 e. The van der Waals surface area contributed by atoms with Crippen LogP contribution in [0.2, 0.25) is 0 Å². The number of ether oxygens (including phenoxy) is 1. The number of hydrogen-bond donors (Lipinski definition) is 0. The first-order valence-corrected chi connectivity index (χ1v) is 7.25. The fourth-order valence-electron chi connectivity index (χ4n) is 1.71. The van der Waals surface area contributed by atoms with E-state index in [1.807, 2.05) is 44.2 Å². The van der Waals surface area contributed by atoms with E-state index < -0.39 is 0 Å². The predicted molar refractivity (Wildman–Crippen MR) is 83.9 cm³/mol. The Bertz CT molecular complexity index is 480. The number of esters is 1. The molecule has 0 fully saturated rings. The molecule has 4 heteroatoms. The lowest BCUT2D eigenvalue weighted by Crippen LogP contribution is -2.14. The average Bonchev–Trinajstić information content (AvgIpc) is 2.51. The first kappa shape index (κ1) is 17.0. The maximum Gasteiger partial charge on any atom is 0.334 e. The van der Waals surface area contributed by atoms with Gasteiger partial charge in [0, 0.05) is 5.57 Å². The van der Waals surface area contributed by atoms with Crippen LogP contribution in [0.5, 0.6) is 0 Å². The number of hydrogen-bond acceptors (Lipinski definition) is 4. The van der Waals surface area contributed by atoms with Crippen molar-refractivity contribution in [1.82, 2.24) is 0 Å². The van der Waals surface area contributed by atoms with Crippen molar-refractivity contribution >= 4 is 12.2 Å². The van der Waals surface area contributed by atoms with E-state index in [0.717, 1.165) is 12.0 Å². The van der Waals surface area contributed by atoms with Crippen LogP contribution in [0.15, 0.2) is 47.1 Å². The van der Waals surface area contributed by atoms with Gasteiger partial charge in [0.2, 0.25) is 0 Å². The predicted octanol–water partition coefficient (Wildman–Crippen LogP) is 3.72. The van der Waals surface area contributed by atoms with Crippen LogP contribution in [0.4, 0.5) is 0 Å². The minimum absolute atomic E-state index is 0.129. The third kappa shape index (κ3) is 6.25. The maximum absolute atomic E-state index is 11.8. The highest BCUT2D eigenvalue weighted by Gasteiger charge is 2.15. The first-order valence-electron chi connectivity index (χ1n) is 7.25. The molecule has 0 saturated carbocycles. The van der Waals surface area contributed by atoms with Crippen molar-refractivity contribution in [2.75, 3.05) is 6.61 Å². The van der Waals surface area contributed by atoms with E-state index in [9.17, 15) is 4.79 Å². The topological polar surface area (TPSA) is 47.9 Å². The van der Waals surface area contributed by atoms with Crippen molar-refractivity contribution in [2.45, 2.75) is 33.8 Å². The molecule has 4 nitrogen and oxygen atoms in total. The Morgan fingerprint density at radius 1 is 1.29 bits per heavy atom. The van der Waals surface area contributed by atoms with Crippen LogP contribution in [0.3, 0.4) is 0 Å². The van der Waals surface area contributed by atoms with E-state index >= 15 is 0 Å². The third-order valence-electron chi connectivity index (χ3n) is 3.12. The molecular formula is C17H23NO3. The summed E-state index contributed by atoms with van der Waals surface area (Å²) in [4.78, 5) is 17.0. The third-order valence-corrected chi connectivity index (χ3v) is 3.12. The molecule has 0 spiro atoms. The van der Waals surface area contributed by atoms with Gasteiger partial charge in [-0.05, 0) is 30.9 Å². The number of oxime groups is 1. The van der Waals surface area contributed by atoms with Gasteiger partial charge in [-0.1, -0.05) is 49.3 Å². The molecule has 0 aliphatic carbocycles. The molecule has 0 heterocycles. The lowest BCUT2D eigenvalue weighted by Gasteiger charge is -2.11. The van der Waals surface area contributed by atoms with Gasteiger partial charge in [-0.2, -0.15) is 0 Å². The van der Waals surface area contributed by atoms with Gasteiger partial charge < -0.3 is 9.57 Å². The van der Waals surface area contributed by atoms with Crippen LogP contribution in [-0.2, 0) is 21.0 Å². The highest BCUT2D eigenvalue weighted by atomic mass is 16.6. The summed E-state index contributed by atoms with van der Waals surface area (Å²) in [5, 5.41) is 3.86. The smallest absolute Gasteiger partial charge is 0.334 e. The zero-order valence-electron chi connectivity index (χ0n) is 12.9. The summed E-state index contributed by atoms with van der Waals surface area (Å²) in [6.45, 7) is 6.59. The Morgan fingerprint density at radius 3 is 2.62 bits per heavy atom. The molecule has 1 atom stereocenters. The molecule has 1 aromatic carbocycles. The van der Waals surface area contributed by atoms with E-state index in [2.05, 4.69) is 5.16 Å². The van der Waals surface area contributed by atoms with E-state index in [1.54, 1.807) is 13.0 Å². The summed E-state index contributed by atoms with van der Waals surface area (Å²) in [5.74, 6) is -0.161. The van der Waals surface area contributed by atoms with Gasteiger partial charge in [0.15, 0.2) is 0 Å². The van der Waals surface area contributed by atoms with E-state index in [-0.39, 0.29) is 11.9 Å². The normalized spacial score (nSPS) is 13.2. The van der Waals surface area contributed by atoms with Gasteiger partial charge >= 0.3 is 5.97 Å². The molecule has 0 amide bonds. The molecule has 0 N–H and O–H groups in total. The Labute approximate surface area is 126 Å². The van der Waals surface area contributed by atoms with E-state index in [1.165, 1.54) is 6.21 Å². The Hall–Kier alpha value is -2.10. The van der Waals surface area contributed by atoms with Gasteiger partial charge in [0.05, 0.1) is 12.8 Å². The van der Waals surface area contributed by atoms with Gasteiger partial charge in [-0.3, -0.25) is 0 Å². The van der Waals surface area contributed by atoms with Crippen molar-refractivity contribution in [2.24, 2.45) is 11.1 Å². The van der Waals surface area contributed by atoms with Crippen LogP contribution >= 0.6 is 0 Å². The summed E-state index contributed by atoms with van der Waals surface area (Å²) >= 11 is 0. The maximum atomic E-state index is 11.8. The molecule has 114 valence electrons. The second kappa shape index (κ2) is 9.75. The van der Waals surface area contributed by atoms with Crippen molar-refractivity contribution in [3.8, 4) is 0 Å². The molecule has 0 radical (unpaired) electrons. The molecule has 1 unspecified atom stereocenters. The van der Waals surface area contributed by atoms with Crippen LogP contribution in [0.25, 0.3) is 0 Å². The monoisotopic (exact) mass is 289 g/mol. The molecular weight excluding hydrogens is 266 g/mol. The zero-order valence-corrected chi connectivity index (χ0v) is 12.9. The van der Waals surface area contributed by atoms with Gasteiger partial charge in [0.25, 0.3) is 0 Å². The molecule has 1 aromatic rings. The summed E-state index contributed by atoms with van der Waals surface area (Å²) in [6, 6.07) is 9.78. The highest BCUT2D eigenvalue weighted by Crippen LogP contribution is 2.15. The number of nitrogens with zero attached hydrogens (tertiary/aromatic N) is 1. The van der Waals surface area contributed by atoms with Crippen molar-refractivity contribution in [3.05, 3.63) is 47.5 Å². The van der Waals surface area contributed by atoms with E-state index in [4.69, 9.17) is 9.57 Å². The Kier molecular flexibility index (Phi) is 7.87. The SMILES string of the molecule is CCOC(=O)/C(=C/C=N/OCc1ccccc1)C(C)CC. The summed E-state index contributed by atoms with van der Waals surface area (Å²) in [7, 11) is 0. The molecule has 0 aliphatic rings. The molecule has 0 aromatic heterocycles. The summed E-state index contributed by atoms with van der Waals surface area (Å²) in [6.07, 6.45) is 4.03. The minimum atomic E-state index is -0.290. The van der Waals surface area contributed by atoms with Crippen molar-refractivity contribution in [1.29, 1.82) is 0 Å². The fraction of sp³-hybridized carbons (Fsp3) is 0.412. The van der Waals surface area contributed by atoms with Crippen molar-refractivity contribution < 1.29 is 14.4 Å². The minimum Gasteiger partial charge on any atom is -0.463 e. The van der Waals surface area contributed by atoms with Crippen molar-refractivity contribution in [3.63, 3.8) is 0 Å². The Balaban J connectivity index is 2.56. The van der Waals surface area contributed by atoms with Crippen LogP contribution < -0.4 is 0 Å². The Morgan fingerprint density at radius 2 is 2.00 bits per heavy atom. The summed E-state index contributed by atoms with van der Waals surface area (Å²) < 4.78 is 5.04. The van der Waals surface area contributed by atoms with Gasteiger partial charge in [0.1, 0.15) is 6.61 Å². The second-order valence-corrected chi connectivity index (χ2v) is 4.67. The molecule has 21 heavy (non-hydrogen) atoms. The molecule has 0 aliphatic heterocycles. The standard InChI is InChI=1S/C17H23NO3/c1-4-14(3)16(17(19)20-5-2)11-12-18-21-13-15-9-7-6-8-10-15/h6-12,14H,4-5,13H2,1-3H3/b16-11+,18-12+. The molecule has 0 bridgehead atoms. The highest BCUT2D eigenvalue weighted by molar-refractivity contribution is 5.93. The van der Waals surface area contributed by atoms with Crippen LogP contribution in [-0.4, -0.2) is 18.8 Å². The van der Waals surface area contributed by atoms with Crippen LogP contribution in [0, 0.1) is 5.92 Å². The number of carbonyl (C=O) groups excluding carboxylic acids is 1. The lowest BCUT2D eigenvalue weighted by molar-refractivity contribution is -0.139. The average molecular weight is 289 g/mol. The number of rotatable bonds is 8. The van der Waals surface area contributed by atoms with E-state index in [0.29, 0.717) is 18.8 Å². The molecule has 1 rings (SSSR count). The first-order chi connectivity index (χ1) is 10.2. The molecule has 0 saturated heterocycles. The quantitative estimate of drug-likeness (QED) is 0.317. The van der Waals surface area contributed by atoms with Gasteiger partial charge in [-0.25, -0.2) is 4.79 Å². The summed E-state index contributed by atoms with van der Waals surface area (Å²) in [5.41, 5.74) is 1.66. The lowest BCUT2D eigenvalue weighted by atomic mass is 9.98. The number of carbonyl (C=O) groups is 1.